The molecule has 4 nitrogen and oxygen atoms in total. The minimum atomic E-state index is 0.174. The van der Waals surface area contributed by atoms with E-state index in [1.165, 1.54) is 11.1 Å². The van der Waals surface area contributed by atoms with Crippen LogP contribution in [0.3, 0.4) is 0 Å². The standard InChI is InChI=1S/C21H25N3O/c1-16-6-7-19-4-2-3-5-20(19)24(16)21(25)23-14-10-18(11-15-23)17-8-12-22-13-9-17/h2-5,8-9,12-13,16,18H,6-7,10-11,14-15H2,1H3. The summed E-state index contributed by atoms with van der Waals surface area (Å²) in [5, 5.41) is 0. The van der Waals surface area contributed by atoms with E-state index in [0.717, 1.165) is 44.5 Å². The number of hydrogen-bond acceptors (Lipinski definition) is 2. The Morgan fingerprint density at radius 3 is 2.52 bits per heavy atom. The van der Waals surface area contributed by atoms with Crippen molar-refractivity contribution in [1.82, 2.24) is 9.88 Å². The summed E-state index contributed by atoms with van der Waals surface area (Å²) in [4.78, 5) is 21.4. The molecule has 1 unspecified atom stereocenters. The van der Waals surface area contributed by atoms with Crippen LogP contribution in [0, 0.1) is 0 Å². The van der Waals surface area contributed by atoms with Crippen LogP contribution in [0.5, 0.6) is 0 Å². The van der Waals surface area contributed by atoms with Gasteiger partial charge in [0.05, 0.1) is 0 Å². The minimum absolute atomic E-state index is 0.174. The van der Waals surface area contributed by atoms with E-state index in [1.54, 1.807) is 0 Å². The number of amides is 2. The van der Waals surface area contributed by atoms with Crippen molar-refractivity contribution in [2.75, 3.05) is 18.0 Å². The van der Waals surface area contributed by atoms with Crippen molar-refractivity contribution in [2.45, 2.75) is 44.6 Å². The van der Waals surface area contributed by atoms with Crippen LogP contribution >= 0.6 is 0 Å². The number of aryl methyl sites for hydroxylation is 1. The molecule has 0 aliphatic carbocycles. The Morgan fingerprint density at radius 1 is 1.04 bits per heavy atom. The van der Waals surface area contributed by atoms with Crippen molar-refractivity contribution in [3.8, 4) is 0 Å². The molecule has 130 valence electrons. The van der Waals surface area contributed by atoms with E-state index in [4.69, 9.17) is 0 Å². The van der Waals surface area contributed by atoms with Gasteiger partial charge in [0.15, 0.2) is 0 Å². The first-order chi connectivity index (χ1) is 12.2. The van der Waals surface area contributed by atoms with Crippen molar-refractivity contribution in [3.05, 3.63) is 59.9 Å². The molecule has 0 spiro atoms. The Labute approximate surface area is 149 Å². The third kappa shape index (κ3) is 3.13. The second-order valence-electron chi connectivity index (χ2n) is 7.21. The summed E-state index contributed by atoms with van der Waals surface area (Å²) in [7, 11) is 0. The van der Waals surface area contributed by atoms with Crippen molar-refractivity contribution in [3.63, 3.8) is 0 Å². The third-order valence-corrected chi connectivity index (χ3v) is 5.67. The van der Waals surface area contributed by atoms with E-state index in [0.29, 0.717) is 5.92 Å². The number of anilines is 1. The Kier molecular flexibility index (Phi) is 4.43. The number of urea groups is 1. The first kappa shape index (κ1) is 16.1. The average Bonchev–Trinajstić information content (AvgIpc) is 2.68. The van der Waals surface area contributed by atoms with Gasteiger partial charge in [0.2, 0.25) is 0 Å². The maximum Gasteiger partial charge on any atom is 0.324 e. The first-order valence-electron chi connectivity index (χ1n) is 9.30. The van der Waals surface area contributed by atoms with Crippen LogP contribution in [0.1, 0.15) is 43.2 Å². The molecule has 25 heavy (non-hydrogen) atoms. The maximum absolute atomic E-state index is 13.2. The van der Waals surface area contributed by atoms with Gasteiger partial charge in [-0.15, -0.1) is 0 Å². The zero-order chi connectivity index (χ0) is 17.2. The highest BCUT2D eigenvalue weighted by Gasteiger charge is 2.33. The van der Waals surface area contributed by atoms with Crippen molar-refractivity contribution in [1.29, 1.82) is 0 Å². The smallest absolute Gasteiger partial charge is 0.324 e. The summed E-state index contributed by atoms with van der Waals surface area (Å²) in [6.45, 7) is 3.83. The molecule has 1 saturated heterocycles. The summed E-state index contributed by atoms with van der Waals surface area (Å²) in [6.07, 6.45) is 7.87. The number of benzene rings is 1. The number of hydrogen-bond donors (Lipinski definition) is 0. The van der Waals surface area contributed by atoms with Crippen molar-refractivity contribution >= 4 is 11.7 Å². The van der Waals surface area contributed by atoms with Crippen molar-refractivity contribution in [2.24, 2.45) is 0 Å². The minimum Gasteiger partial charge on any atom is -0.324 e. The normalized spacial score (nSPS) is 21.1. The molecule has 4 heteroatoms. The van der Waals surface area contributed by atoms with Gasteiger partial charge in [-0.05, 0) is 67.9 Å². The van der Waals surface area contributed by atoms with Crippen molar-refractivity contribution < 1.29 is 4.79 Å². The summed E-state index contributed by atoms with van der Waals surface area (Å²) in [5.74, 6) is 0.540. The zero-order valence-corrected chi connectivity index (χ0v) is 14.8. The number of carbonyl (C=O) groups excluding carboxylic acids is 1. The number of carbonyl (C=O) groups is 1. The van der Waals surface area contributed by atoms with Gasteiger partial charge in [-0.1, -0.05) is 18.2 Å². The van der Waals surface area contributed by atoms with E-state index in [-0.39, 0.29) is 12.1 Å². The third-order valence-electron chi connectivity index (χ3n) is 5.67. The number of pyridine rings is 1. The average molecular weight is 335 g/mol. The molecule has 1 aromatic heterocycles. The lowest BCUT2D eigenvalue weighted by Gasteiger charge is -2.41. The summed E-state index contributed by atoms with van der Waals surface area (Å²) in [6, 6.07) is 13.0. The van der Waals surface area contributed by atoms with Crippen LogP contribution in [-0.4, -0.2) is 35.0 Å². The van der Waals surface area contributed by atoms with E-state index < -0.39 is 0 Å². The zero-order valence-electron chi connectivity index (χ0n) is 14.8. The fourth-order valence-electron chi connectivity index (χ4n) is 4.17. The Morgan fingerprint density at radius 2 is 1.76 bits per heavy atom. The number of nitrogens with zero attached hydrogens (tertiary/aromatic N) is 3. The molecule has 2 aliphatic rings. The lowest BCUT2D eigenvalue weighted by atomic mass is 9.90. The molecule has 2 aromatic rings. The van der Waals surface area contributed by atoms with Gasteiger partial charge in [0, 0.05) is 37.2 Å². The Hall–Kier alpha value is -2.36. The summed E-state index contributed by atoms with van der Waals surface area (Å²) < 4.78 is 0. The number of rotatable bonds is 1. The van der Waals surface area contributed by atoms with E-state index in [1.807, 2.05) is 28.3 Å². The fraction of sp³-hybridized carbons (Fsp3) is 0.429. The molecule has 1 aromatic carbocycles. The highest BCUT2D eigenvalue weighted by atomic mass is 16.2. The van der Waals surface area contributed by atoms with Crippen LogP contribution in [0.25, 0.3) is 0 Å². The molecule has 0 saturated carbocycles. The van der Waals surface area contributed by atoms with Gasteiger partial charge < -0.3 is 4.90 Å². The highest BCUT2D eigenvalue weighted by molar-refractivity contribution is 5.94. The molecule has 1 atom stereocenters. The molecular weight excluding hydrogens is 310 g/mol. The van der Waals surface area contributed by atoms with Gasteiger partial charge in [-0.3, -0.25) is 9.88 Å². The lowest BCUT2D eigenvalue weighted by molar-refractivity contribution is 0.185. The highest BCUT2D eigenvalue weighted by Crippen LogP contribution is 2.33. The topological polar surface area (TPSA) is 36.4 Å². The molecule has 1 fully saturated rings. The van der Waals surface area contributed by atoms with Crippen LogP contribution in [0.2, 0.25) is 0 Å². The Balaban J connectivity index is 1.47. The number of para-hydroxylation sites is 1. The summed E-state index contributed by atoms with van der Waals surface area (Å²) in [5.41, 5.74) is 3.74. The lowest BCUT2D eigenvalue weighted by Crippen LogP contribution is -2.51. The van der Waals surface area contributed by atoms with Gasteiger partial charge in [0.25, 0.3) is 0 Å². The summed E-state index contributed by atoms with van der Waals surface area (Å²) >= 11 is 0. The maximum atomic E-state index is 13.2. The van der Waals surface area contributed by atoms with E-state index >= 15 is 0 Å². The first-order valence-corrected chi connectivity index (χ1v) is 9.30. The molecule has 4 rings (SSSR count). The van der Waals surface area contributed by atoms with Crippen LogP contribution in [0.4, 0.5) is 10.5 Å². The van der Waals surface area contributed by atoms with Gasteiger partial charge >= 0.3 is 6.03 Å². The monoisotopic (exact) mass is 335 g/mol. The number of piperidine rings is 1. The largest absolute Gasteiger partial charge is 0.324 e. The SMILES string of the molecule is CC1CCc2ccccc2N1C(=O)N1CCC(c2ccncc2)CC1. The molecule has 0 bridgehead atoms. The van der Waals surface area contributed by atoms with Gasteiger partial charge in [0.1, 0.15) is 0 Å². The molecule has 2 amide bonds. The van der Waals surface area contributed by atoms with Gasteiger partial charge in [-0.25, -0.2) is 4.79 Å². The number of fused-ring (bicyclic) bond motifs is 1. The van der Waals surface area contributed by atoms with Crippen LogP contribution in [-0.2, 0) is 6.42 Å². The van der Waals surface area contributed by atoms with E-state index in [2.05, 4.69) is 42.2 Å². The Bertz CT molecular complexity index is 738. The second-order valence-corrected chi connectivity index (χ2v) is 7.21. The number of aromatic nitrogens is 1. The molecular formula is C21H25N3O. The molecule has 2 aliphatic heterocycles. The molecule has 3 heterocycles. The molecule has 0 N–H and O–H groups in total. The quantitative estimate of drug-likeness (QED) is 0.782. The molecule has 0 radical (unpaired) electrons. The van der Waals surface area contributed by atoms with Crippen LogP contribution in [0.15, 0.2) is 48.8 Å². The second kappa shape index (κ2) is 6.87. The van der Waals surface area contributed by atoms with Gasteiger partial charge in [-0.2, -0.15) is 0 Å². The predicted molar refractivity (Wildman–Crippen MR) is 99.9 cm³/mol. The van der Waals surface area contributed by atoms with Crippen LogP contribution < -0.4 is 4.90 Å². The van der Waals surface area contributed by atoms with E-state index in [9.17, 15) is 4.79 Å². The fourth-order valence-corrected chi connectivity index (χ4v) is 4.17. The number of likely N-dealkylation sites (tertiary alicyclic amines) is 1. The predicted octanol–water partition coefficient (Wildman–Crippen LogP) is 4.22.